The van der Waals surface area contributed by atoms with Crippen molar-refractivity contribution in [1.29, 1.82) is 0 Å². The number of hydrogen-bond donors (Lipinski definition) is 1. The number of aryl methyl sites for hydroxylation is 2. The Kier molecular flexibility index (Phi) is 4.50. The molecule has 1 aliphatic carbocycles. The standard InChI is InChI=1S/C17H21N5O/c1-21-11-12-22(2)17(21)20-19-15-9-7-14(8-10-15)18-16(23)13-5-3-4-6-13/h7-13H,3-6H2,1-2H3/p+1. The Morgan fingerprint density at radius 3 is 2.52 bits per heavy atom. The van der Waals surface area contributed by atoms with Crippen LogP contribution >= 0.6 is 0 Å². The SMILES string of the molecule is Cn1cc[n+](C)c1N=Nc1ccc(NC(=O)C2CCCC2)cc1. The molecular formula is C17H22N5O+. The number of nitrogens with zero attached hydrogens (tertiary/aromatic N) is 4. The number of imidazole rings is 1. The lowest BCUT2D eigenvalue weighted by Gasteiger charge is -2.10. The van der Waals surface area contributed by atoms with Gasteiger partial charge in [-0.15, -0.1) is 0 Å². The van der Waals surface area contributed by atoms with Gasteiger partial charge in [0.15, 0.2) is 0 Å². The van der Waals surface area contributed by atoms with Gasteiger partial charge in [0, 0.05) is 16.7 Å². The average molecular weight is 312 g/mol. The summed E-state index contributed by atoms with van der Waals surface area (Å²) in [5.74, 6) is 1.07. The molecule has 1 N–H and O–H groups in total. The predicted octanol–water partition coefficient (Wildman–Crippen LogP) is 3.39. The van der Waals surface area contributed by atoms with Crippen molar-refractivity contribution in [1.82, 2.24) is 4.57 Å². The molecule has 120 valence electrons. The minimum absolute atomic E-state index is 0.132. The van der Waals surface area contributed by atoms with E-state index in [4.69, 9.17) is 0 Å². The number of anilines is 1. The monoisotopic (exact) mass is 312 g/mol. The first-order valence-corrected chi connectivity index (χ1v) is 7.97. The molecule has 1 amide bonds. The van der Waals surface area contributed by atoms with Crippen molar-refractivity contribution in [2.45, 2.75) is 25.7 Å². The molecule has 1 aliphatic rings. The largest absolute Gasteiger partial charge is 0.421 e. The van der Waals surface area contributed by atoms with E-state index in [1.54, 1.807) is 0 Å². The Bertz CT molecular complexity index is 692. The van der Waals surface area contributed by atoms with Gasteiger partial charge in [-0.05, 0) is 37.1 Å². The number of carbonyl (C=O) groups excluding carboxylic acids is 1. The lowest BCUT2D eigenvalue weighted by molar-refractivity contribution is -0.657. The zero-order valence-electron chi connectivity index (χ0n) is 13.6. The summed E-state index contributed by atoms with van der Waals surface area (Å²) in [6.07, 6.45) is 8.19. The molecule has 6 nitrogen and oxygen atoms in total. The third-order valence-corrected chi connectivity index (χ3v) is 4.26. The van der Waals surface area contributed by atoms with Gasteiger partial charge in [0.1, 0.15) is 5.69 Å². The van der Waals surface area contributed by atoms with E-state index in [1.165, 1.54) is 0 Å². The van der Waals surface area contributed by atoms with Crippen molar-refractivity contribution in [3.8, 4) is 0 Å². The molecule has 23 heavy (non-hydrogen) atoms. The zero-order valence-corrected chi connectivity index (χ0v) is 13.6. The molecule has 3 rings (SSSR count). The number of amides is 1. The third-order valence-electron chi connectivity index (χ3n) is 4.26. The lowest BCUT2D eigenvalue weighted by Crippen LogP contribution is -2.25. The molecule has 6 heteroatoms. The van der Waals surface area contributed by atoms with E-state index in [-0.39, 0.29) is 11.8 Å². The number of carbonyl (C=O) groups is 1. The topological polar surface area (TPSA) is 62.6 Å². The highest BCUT2D eigenvalue weighted by molar-refractivity contribution is 5.92. The molecule has 1 heterocycles. The second-order valence-corrected chi connectivity index (χ2v) is 6.04. The second-order valence-electron chi connectivity index (χ2n) is 6.04. The quantitative estimate of drug-likeness (QED) is 0.682. The van der Waals surface area contributed by atoms with Crippen molar-refractivity contribution in [2.75, 3.05) is 5.32 Å². The molecule has 0 unspecified atom stereocenters. The fraction of sp³-hybridized carbons (Fsp3) is 0.412. The summed E-state index contributed by atoms with van der Waals surface area (Å²) in [5, 5.41) is 11.5. The maximum Gasteiger partial charge on any atom is 0.421 e. The van der Waals surface area contributed by atoms with Crippen molar-refractivity contribution in [2.24, 2.45) is 30.2 Å². The Labute approximate surface area is 135 Å². The summed E-state index contributed by atoms with van der Waals surface area (Å²) in [5.41, 5.74) is 1.57. The molecule has 1 aromatic heterocycles. The summed E-state index contributed by atoms with van der Waals surface area (Å²) in [7, 11) is 3.85. The van der Waals surface area contributed by atoms with Crippen molar-refractivity contribution >= 4 is 23.2 Å². The number of azo groups is 1. The minimum atomic E-state index is 0.132. The predicted molar refractivity (Wildman–Crippen MR) is 87.8 cm³/mol. The van der Waals surface area contributed by atoms with E-state index in [9.17, 15) is 4.79 Å². The summed E-state index contributed by atoms with van der Waals surface area (Å²) >= 11 is 0. The van der Waals surface area contributed by atoms with E-state index in [0.29, 0.717) is 0 Å². The second kappa shape index (κ2) is 6.73. The normalized spacial score (nSPS) is 15.4. The molecule has 0 radical (unpaired) electrons. The van der Waals surface area contributed by atoms with Crippen LogP contribution in [-0.4, -0.2) is 10.5 Å². The van der Waals surface area contributed by atoms with Crippen molar-refractivity contribution in [3.63, 3.8) is 0 Å². The number of hydrogen-bond acceptors (Lipinski definition) is 3. The Morgan fingerprint density at radius 1 is 1.22 bits per heavy atom. The Morgan fingerprint density at radius 2 is 1.91 bits per heavy atom. The van der Waals surface area contributed by atoms with Crippen LogP contribution in [0.25, 0.3) is 0 Å². The van der Waals surface area contributed by atoms with Crippen molar-refractivity contribution in [3.05, 3.63) is 36.7 Å². The van der Waals surface area contributed by atoms with Crippen LogP contribution in [0.5, 0.6) is 0 Å². The fourth-order valence-corrected chi connectivity index (χ4v) is 2.87. The van der Waals surface area contributed by atoms with E-state index in [2.05, 4.69) is 15.5 Å². The van der Waals surface area contributed by atoms with E-state index in [1.807, 2.05) is 59.9 Å². The van der Waals surface area contributed by atoms with Crippen LogP contribution in [0.2, 0.25) is 0 Å². The molecule has 2 aromatic rings. The first-order valence-electron chi connectivity index (χ1n) is 7.97. The van der Waals surface area contributed by atoms with Gasteiger partial charge < -0.3 is 5.32 Å². The average Bonchev–Trinajstić information content (AvgIpc) is 3.18. The van der Waals surface area contributed by atoms with Gasteiger partial charge in [-0.2, -0.15) is 0 Å². The van der Waals surface area contributed by atoms with Crippen LogP contribution in [0.1, 0.15) is 25.7 Å². The summed E-state index contributed by atoms with van der Waals surface area (Å²) in [6.45, 7) is 0. The van der Waals surface area contributed by atoms with Gasteiger partial charge in [-0.1, -0.05) is 18.0 Å². The van der Waals surface area contributed by atoms with E-state index >= 15 is 0 Å². The minimum Gasteiger partial charge on any atom is -0.326 e. The Balaban J connectivity index is 1.64. The number of rotatable bonds is 4. The van der Waals surface area contributed by atoms with E-state index in [0.717, 1.165) is 43.0 Å². The van der Waals surface area contributed by atoms with Crippen molar-refractivity contribution < 1.29 is 9.36 Å². The van der Waals surface area contributed by atoms with Crippen LogP contribution < -0.4 is 9.88 Å². The number of nitrogens with one attached hydrogen (secondary N) is 1. The molecule has 0 aliphatic heterocycles. The summed E-state index contributed by atoms with van der Waals surface area (Å²) in [6, 6.07) is 7.45. The zero-order chi connectivity index (χ0) is 16.2. The third kappa shape index (κ3) is 3.64. The van der Waals surface area contributed by atoms with Gasteiger partial charge in [0.05, 0.1) is 26.5 Å². The lowest BCUT2D eigenvalue weighted by atomic mass is 10.1. The molecule has 0 bridgehead atoms. The summed E-state index contributed by atoms with van der Waals surface area (Å²) < 4.78 is 3.80. The first-order chi connectivity index (χ1) is 11.1. The van der Waals surface area contributed by atoms with Gasteiger partial charge in [0.25, 0.3) is 0 Å². The highest BCUT2D eigenvalue weighted by Gasteiger charge is 2.22. The van der Waals surface area contributed by atoms with Crippen LogP contribution in [-0.2, 0) is 18.9 Å². The first kappa shape index (κ1) is 15.4. The maximum absolute atomic E-state index is 12.1. The molecule has 1 saturated carbocycles. The highest BCUT2D eigenvalue weighted by atomic mass is 16.1. The molecule has 0 spiro atoms. The molecule has 1 fully saturated rings. The van der Waals surface area contributed by atoms with Crippen LogP contribution in [0, 0.1) is 5.92 Å². The van der Waals surface area contributed by atoms with E-state index < -0.39 is 0 Å². The highest BCUT2D eigenvalue weighted by Crippen LogP contribution is 2.26. The molecule has 0 saturated heterocycles. The summed E-state index contributed by atoms with van der Waals surface area (Å²) in [4.78, 5) is 12.1. The Hall–Kier alpha value is -2.50. The molecule has 1 aromatic carbocycles. The van der Waals surface area contributed by atoms with Gasteiger partial charge >= 0.3 is 5.95 Å². The van der Waals surface area contributed by atoms with Crippen LogP contribution in [0.15, 0.2) is 46.9 Å². The molecular weight excluding hydrogens is 290 g/mol. The maximum atomic E-state index is 12.1. The van der Waals surface area contributed by atoms with Crippen LogP contribution in [0.3, 0.4) is 0 Å². The van der Waals surface area contributed by atoms with Gasteiger partial charge in [-0.25, -0.2) is 9.13 Å². The van der Waals surface area contributed by atoms with Crippen LogP contribution in [0.4, 0.5) is 17.3 Å². The number of aromatic nitrogens is 2. The van der Waals surface area contributed by atoms with Gasteiger partial charge in [-0.3, -0.25) is 4.79 Å². The number of benzene rings is 1. The smallest absolute Gasteiger partial charge is 0.326 e. The molecule has 0 atom stereocenters. The fourth-order valence-electron chi connectivity index (χ4n) is 2.87. The van der Waals surface area contributed by atoms with Gasteiger partial charge in [0.2, 0.25) is 5.91 Å².